The van der Waals surface area contributed by atoms with Crippen LogP contribution in [0.2, 0.25) is 0 Å². The Labute approximate surface area is 65.5 Å². The molecule has 3 nitrogen and oxygen atoms in total. The molecule has 0 atom stereocenters. The molecule has 0 bridgehead atoms. The van der Waals surface area contributed by atoms with Gasteiger partial charge in [0.05, 0.1) is 12.1 Å². The summed E-state index contributed by atoms with van der Waals surface area (Å²) in [6.45, 7) is 5.26. The van der Waals surface area contributed by atoms with Crippen molar-refractivity contribution < 1.29 is 4.79 Å². The van der Waals surface area contributed by atoms with Gasteiger partial charge in [-0.3, -0.25) is 4.79 Å². The van der Waals surface area contributed by atoms with E-state index in [1.165, 1.54) is 0 Å². The van der Waals surface area contributed by atoms with Gasteiger partial charge in [-0.25, -0.2) is 0 Å². The molecule has 1 rings (SSSR count). The van der Waals surface area contributed by atoms with E-state index in [-0.39, 0.29) is 5.78 Å². The monoisotopic (exact) mass is 150 g/mol. The highest BCUT2D eigenvalue weighted by Gasteiger charge is 2.09. The van der Waals surface area contributed by atoms with Crippen molar-refractivity contribution in [2.45, 2.75) is 19.8 Å². The Morgan fingerprint density at radius 2 is 2.55 bits per heavy atom. The van der Waals surface area contributed by atoms with E-state index in [4.69, 9.17) is 0 Å². The maximum absolute atomic E-state index is 11.1. The number of hydrogen-bond acceptors (Lipinski definition) is 3. The van der Waals surface area contributed by atoms with Crippen LogP contribution in [0.25, 0.3) is 0 Å². The first-order valence-corrected chi connectivity index (χ1v) is 3.46. The zero-order valence-electron chi connectivity index (χ0n) is 6.50. The molecular weight excluding hydrogens is 140 g/mol. The molecule has 11 heavy (non-hydrogen) atoms. The standard InChI is InChI=1S/C8H10N2O/c1-6(2)8(11)5-7-3-4-9-10-7/h4H,1,3,5H2,2H3. The van der Waals surface area contributed by atoms with E-state index in [0.717, 1.165) is 5.71 Å². The normalized spacial score (nSPS) is 14.8. The zero-order chi connectivity index (χ0) is 8.27. The second kappa shape index (κ2) is 3.23. The summed E-state index contributed by atoms with van der Waals surface area (Å²) in [7, 11) is 0. The summed E-state index contributed by atoms with van der Waals surface area (Å²) in [4.78, 5) is 11.1. The third kappa shape index (κ3) is 2.11. The van der Waals surface area contributed by atoms with Gasteiger partial charge < -0.3 is 0 Å². The van der Waals surface area contributed by atoms with Gasteiger partial charge in [0, 0.05) is 12.6 Å². The summed E-state index contributed by atoms with van der Waals surface area (Å²) in [5.74, 6) is 0.0502. The lowest BCUT2D eigenvalue weighted by atomic mass is 10.1. The van der Waals surface area contributed by atoms with Crippen molar-refractivity contribution >= 4 is 17.7 Å². The molecule has 0 saturated heterocycles. The molecule has 1 aliphatic heterocycles. The molecule has 1 aliphatic rings. The van der Waals surface area contributed by atoms with Gasteiger partial charge in [-0.2, -0.15) is 10.2 Å². The van der Waals surface area contributed by atoms with Gasteiger partial charge >= 0.3 is 0 Å². The van der Waals surface area contributed by atoms with Crippen molar-refractivity contribution in [1.82, 2.24) is 0 Å². The summed E-state index contributed by atoms with van der Waals surface area (Å²) in [5, 5.41) is 7.44. The Hall–Kier alpha value is -1.25. The lowest BCUT2D eigenvalue weighted by Gasteiger charge is -1.96. The van der Waals surface area contributed by atoms with Crippen molar-refractivity contribution in [3.8, 4) is 0 Å². The molecule has 0 unspecified atom stereocenters. The van der Waals surface area contributed by atoms with E-state index in [2.05, 4.69) is 16.8 Å². The molecule has 0 aromatic carbocycles. The molecule has 3 heteroatoms. The fourth-order valence-electron chi connectivity index (χ4n) is 0.753. The minimum absolute atomic E-state index is 0.0502. The largest absolute Gasteiger partial charge is 0.294 e. The van der Waals surface area contributed by atoms with Crippen LogP contribution in [-0.4, -0.2) is 17.7 Å². The van der Waals surface area contributed by atoms with Crippen molar-refractivity contribution in [3.63, 3.8) is 0 Å². The molecule has 0 aromatic heterocycles. The third-order valence-corrected chi connectivity index (χ3v) is 1.45. The first kappa shape index (κ1) is 7.85. The van der Waals surface area contributed by atoms with Crippen LogP contribution in [0.15, 0.2) is 22.4 Å². The second-order valence-corrected chi connectivity index (χ2v) is 2.55. The van der Waals surface area contributed by atoms with Crippen LogP contribution in [0.3, 0.4) is 0 Å². The summed E-state index contributed by atoms with van der Waals surface area (Å²) in [6, 6.07) is 0. The predicted octanol–water partition coefficient (Wildman–Crippen LogP) is 1.35. The van der Waals surface area contributed by atoms with Crippen molar-refractivity contribution in [2.24, 2.45) is 10.2 Å². The first-order chi connectivity index (χ1) is 5.20. The van der Waals surface area contributed by atoms with E-state index < -0.39 is 0 Å². The van der Waals surface area contributed by atoms with Crippen LogP contribution >= 0.6 is 0 Å². The highest BCUT2D eigenvalue weighted by Crippen LogP contribution is 2.03. The molecule has 0 amide bonds. The lowest BCUT2D eigenvalue weighted by Crippen LogP contribution is -2.06. The molecular formula is C8H10N2O. The zero-order valence-corrected chi connectivity index (χ0v) is 6.50. The molecule has 58 valence electrons. The molecule has 1 heterocycles. The van der Waals surface area contributed by atoms with Crippen molar-refractivity contribution in [1.29, 1.82) is 0 Å². The minimum Gasteiger partial charge on any atom is -0.294 e. The fourth-order valence-corrected chi connectivity index (χ4v) is 0.753. The average molecular weight is 150 g/mol. The first-order valence-electron chi connectivity index (χ1n) is 3.46. The van der Waals surface area contributed by atoms with Gasteiger partial charge in [-0.1, -0.05) is 6.58 Å². The summed E-state index contributed by atoms with van der Waals surface area (Å²) in [5.41, 5.74) is 1.41. The Kier molecular flexibility index (Phi) is 2.31. The molecule has 0 aromatic rings. The topological polar surface area (TPSA) is 41.8 Å². The van der Waals surface area contributed by atoms with E-state index in [1.807, 2.05) is 0 Å². The van der Waals surface area contributed by atoms with Crippen molar-refractivity contribution in [2.75, 3.05) is 0 Å². The number of carbonyl (C=O) groups is 1. The fraction of sp³-hybridized carbons (Fsp3) is 0.375. The maximum atomic E-state index is 11.1. The summed E-state index contributed by atoms with van der Waals surface area (Å²) in [6.07, 6.45) is 2.77. The van der Waals surface area contributed by atoms with Gasteiger partial charge in [0.1, 0.15) is 0 Å². The number of rotatable bonds is 3. The number of ketones is 1. The second-order valence-electron chi connectivity index (χ2n) is 2.55. The minimum atomic E-state index is 0.0502. The van der Waals surface area contributed by atoms with Crippen LogP contribution in [-0.2, 0) is 4.79 Å². The van der Waals surface area contributed by atoms with Crippen LogP contribution in [0.4, 0.5) is 0 Å². The summed E-state index contributed by atoms with van der Waals surface area (Å²) < 4.78 is 0. The number of hydrogen-bond donors (Lipinski definition) is 0. The SMILES string of the molecule is C=C(C)C(=O)CC1=NN=CC1. The number of carbonyl (C=O) groups excluding carboxylic acids is 1. The van der Waals surface area contributed by atoms with Crippen LogP contribution in [0, 0.1) is 0 Å². The average Bonchev–Trinajstić information content (AvgIpc) is 2.39. The van der Waals surface area contributed by atoms with Crippen molar-refractivity contribution in [3.05, 3.63) is 12.2 Å². The van der Waals surface area contributed by atoms with Crippen LogP contribution in [0.5, 0.6) is 0 Å². The van der Waals surface area contributed by atoms with Gasteiger partial charge in [0.15, 0.2) is 5.78 Å². The molecule has 0 aliphatic carbocycles. The van der Waals surface area contributed by atoms with Crippen LogP contribution < -0.4 is 0 Å². The Morgan fingerprint density at radius 1 is 1.82 bits per heavy atom. The van der Waals surface area contributed by atoms with E-state index in [0.29, 0.717) is 18.4 Å². The Bertz CT molecular complexity index is 251. The third-order valence-electron chi connectivity index (χ3n) is 1.45. The molecule has 0 fully saturated rings. The van der Waals surface area contributed by atoms with Gasteiger partial charge in [-0.05, 0) is 12.5 Å². The molecule has 0 radical (unpaired) electrons. The van der Waals surface area contributed by atoms with E-state index >= 15 is 0 Å². The van der Waals surface area contributed by atoms with Gasteiger partial charge in [0.25, 0.3) is 0 Å². The highest BCUT2D eigenvalue weighted by molar-refractivity contribution is 6.12. The number of nitrogens with zero attached hydrogens (tertiary/aromatic N) is 2. The van der Waals surface area contributed by atoms with E-state index in [1.54, 1.807) is 13.1 Å². The smallest absolute Gasteiger partial charge is 0.163 e. The van der Waals surface area contributed by atoms with Crippen LogP contribution in [0.1, 0.15) is 19.8 Å². The number of allylic oxidation sites excluding steroid dienone is 1. The lowest BCUT2D eigenvalue weighted by molar-refractivity contribution is -0.114. The van der Waals surface area contributed by atoms with Gasteiger partial charge in [-0.15, -0.1) is 0 Å². The quantitative estimate of drug-likeness (QED) is 0.560. The molecule has 0 saturated carbocycles. The number of Topliss-reactive ketones (excluding diaryl/α,β-unsaturated/α-hetero) is 1. The maximum Gasteiger partial charge on any atom is 0.163 e. The van der Waals surface area contributed by atoms with Gasteiger partial charge in [0.2, 0.25) is 0 Å². The summed E-state index contributed by atoms with van der Waals surface area (Å²) >= 11 is 0. The van der Waals surface area contributed by atoms with E-state index in [9.17, 15) is 4.79 Å². The molecule has 0 N–H and O–H groups in total. The molecule has 0 spiro atoms. The predicted molar refractivity (Wildman–Crippen MR) is 45.0 cm³/mol. The highest BCUT2D eigenvalue weighted by atomic mass is 16.1. The Morgan fingerprint density at radius 3 is 3.00 bits per heavy atom. The Balaban J connectivity index is 2.44.